The molecule has 0 saturated carbocycles. The Morgan fingerprint density at radius 1 is 1.08 bits per heavy atom. The lowest BCUT2D eigenvalue weighted by atomic mass is 10.2. The Morgan fingerprint density at radius 3 is 2.54 bits per heavy atom. The highest BCUT2D eigenvalue weighted by Gasteiger charge is 2.15. The molecule has 2 aromatic rings. The lowest BCUT2D eigenvalue weighted by molar-refractivity contribution is -0.136. The molecule has 0 aliphatic rings. The summed E-state index contributed by atoms with van der Waals surface area (Å²) in [5.41, 5.74) is 2.42. The number of carbonyl (C=O) groups is 2. The van der Waals surface area contributed by atoms with E-state index in [9.17, 15) is 14.7 Å². The van der Waals surface area contributed by atoms with Crippen LogP contribution in [0.15, 0.2) is 41.5 Å². The highest BCUT2D eigenvalue weighted by molar-refractivity contribution is 6.45. The van der Waals surface area contributed by atoms with Gasteiger partial charge in [-0.1, -0.05) is 29.3 Å². The lowest BCUT2D eigenvalue weighted by Crippen LogP contribution is -2.32. The van der Waals surface area contributed by atoms with Gasteiger partial charge in [0.1, 0.15) is 11.5 Å². The van der Waals surface area contributed by atoms with Crippen molar-refractivity contribution in [2.75, 3.05) is 5.32 Å². The van der Waals surface area contributed by atoms with Crippen LogP contribution in [-0.4, -0.2) is 28.2 Å². The SMILES string of the molecule is O=C(N/N=C/c1ccc(O)cc1O)C(=O)Nc1cccc(Cl)c1Cl. The molecule has 124 valence electrons. The molecule has 9 heteroatoms. The van der Waals surface area contributed by atoms with E-state index in [0.717, 1.165) is 12.3 Å². The maximum Gasteiger partial charge on any atom is 0.329 e. The number of hydrazone groups is 1. The van der Waals surface area contributed by atoms with E-state index >= 15 is 0 Å². The number of anilines is 1. The first-order valence-electron chi connectivity index (χ1n) is 6.49. The average molecular weight is 368 g/mol. The minimum Gasteiger partial charge on any atom is -0.508 e. The van der Waals surface area contributed by atoms with E-state index < -0.39 is 11.8 Å². The van der Waals surface area contributed by atoms with Crippen LogP contribution in [0.4, 0.5) is 5.69 Å². The minimum atomic E-state index is -1.04. The minimum absolute atomic E-state index is 0.109. The van der Waals surface area contributed by atoms with Gasteiger partial charge in [-0.2, -0.15) is 5.10 Å². The second-order valence-electron chi connectivity index (χ2n) is 4.50. The summed E-state index contributed by atoms with van der Waals surface area (Å²) in [6.07, 6.45) is 1.12. The number of carbonyl (C=O) groups excluding carboxylic acids is 2. The summed E-state index contributed by atoms with van der Waals surface area (Å²) in [7, 11) is 0. The van der Waals surface area contributed by atoms with Crippen LogP contribution in [0, 0.1) is 0 Å². The monoisotopic (exact) mass is 367 g/mol. The van der Waals surface area contributed by atoms with Gasteiger partial charge in [0, 0.05) is 11.6 Å². The van der Waals surface area contributed by atoms with E-state index in [2.05, 4.69) is 10.4 Å². The Bertz CT molecular complexity index is 824. The molecule has 2 rings (SSSR count). The molecule has 0 bridgehead atoms. The summed E-state index contributed by atoms with van der Waals surface area (Å²) >= 11 is 11.7. The highest BCUT2D eigenvalue weighted by Crippen LogP contribution is 2.29. The summed E-state index contributed by atoms with van der Waals surface area (Å²) in [4.78, 5) is 23.4. The first kappa shape index (κ1) is 17.6. The number of phenols is 2. The first-order valence-corrected chi connectivity index (χ1v) is 7.24. The molecule has 2 amide bonds. The molecule has 0 atom stereocenters. The van der Waals surface area contributed by atoms with E-state index in [-0.39, 0.29) is 32.8 Å². The molecule has 0 unspecified atom stereocenters. The van der Waals surface area contributed by atoms with E-state index in [4.69, 9.17) is 28.3 Å². The Kier molecular flexibility index (Phi) is 5.62. The molecular formula is C15H11Cl2N3O4. The average Bonchev–Trinajstić information content (AvgIpc) is 2.53. The Morgan fingerprint density at radius 2 is 1.83 bits per heavy atom. The van der Waals surface area contributed by atoms with Crippen molar-refractivity contribution in [1.82, 2.24) is 5.43 Å². The number of nitrogens with zero attached hydrogens (tertiary/aromatic N) is 1. The van der Waals surface area contributed by atoms with Crippen LogP contribution >= 0.6 is 23.2 Å². The smallest absolute Gasteiger partial charge is 0.329 e. The van der Waals surface area contributed by atoms with Crippen LogP contribution in [0.3, 0.4) is 0 Å². The van der Waals surface area contributed by atoms with Crippen molar-refractivity contribution < 1.29 is 19.8 Å². The molecule has 24 heavy (non-hydrogen) atoms. The van der Waals surface area contributed by atoms with Crippen molar-refractivity contribution in [2.24, 2.45) is 5.10 Å². The molecule has 0 fully saturated rings. The third-order valence-corrected chi connectivity index (χ3v) is 3.61. The maximum atomic E-state index is 11.7. The molecule has 0 radical (unpaired) electrons. The first-order chi connectivity index (χ1) is 11.4. The zero-order valence-electron chi connectivity index (χ0n) is 12.0. The number of rotatable bonds is 3. The van der Waals surface area contributed by atoms with E-state index in [1.54, 1.807) is 6.07 Å². The van der Waals surface area contributed by atoms with E-state index in [0.29, 0.717) is 0 Å². The second-order valence-corrected chi connectivity index (χ2v) is 5.28. The normalized spacial score (nSPS) is 10.6. The zero-order chi connectivity index (χ0) is 17.7. The standard InChI is InChI=1S/C15H11Cl2N3O4/c16-10-2-1-3-11(13(10)17)19-14(23)15(24)20-18-7-8-4-5-9(21)6-12(8)22/h1-7,21-22H,(H,19,23)(H,20,24)/b18-7+. The predicted octanol–water partition coefficient (Wildman–Crippen LogP) is 2.49. The number of aromatic hydroxyl groups is 2. The van der Waals surface area contributed by atoms with Gasteiger partial charge in [-0.25, -0.2) is 5.43 Å². The van der Waals surface area contributed by atoms with Gasteiger partial charge in [0.05, 0.1) is 21.9 Å². The van der Waals surface area contributed by atoms with Crippen molar-refractivity contribution >= 4 is 46.9 Å². The molecule has 2 aromatic carbocycles. The summed E-state index contributed by atoms with van der Waals surface area (Å²) in [5.74, 6) is -2.39. The Balaban J connectivity index is 1.98. The fourth-order valence-electron chi connectivity index (χ4n) is 1.63. The summed E-state index contributed by atoms with van der Waals surface area (Å²) < 4.78 is 0. The third-order valence-electron chi connectivity index (χ3n) is 2.79. The number of halogens is 2. The number of hydrogen-bond acceptors (Lipinski definition) is 5. The van der Waals surface area contributed by atoms with Gasteiger partial charge in [0.15, 0.2) is 0 Å². The Hall–Kier alpha value is -2.77. The topological polar surface area (TPSA) is 111 Å². The van der Waals surface area contributed by atoms with E-state index in [1.165, 1.54) is 24.3 Å². The van der Waals surface area contributed by atoms with Crippen molar-refractivity contribution in [1.29, 1.82) is 0 Å². The van der Waals surface area contributed by atoms with Gasteiger partial charge in [0.2, 0.25) is 0 Å². The molecule has 0 saturated heterocycles. The number of nitrogens with one attached hydrogen (secondary N) is 2. The molecule has 4 N–H and O–H groups in total. The number of amides is 2. The van der Waals surface area contributed by atoms with Crippen LogP contribution in [0.5, 0.6) is 11.5 Å². The highest BCUT2D eigenvalue weighted by atomic mass is 35.5. The lowest BCUT2D eigenvalue weighted by Gasteiger charge is -2.07. The van der Waals surface area contributed by atoms with Gasteiger partial charge in [-0.05, 0) is 24.3 Å². The van der Waals surface area contributed by atoms with Gasteiger partial charge in [0.25, 0.3) is 0 Å². The fraction of sp³-hybridized carbons (Fsp3) is 0. The quantitative estimate of drug-likeness (QED) is 0.379. The van der Waals surface area contributed by atoms with Gasteiger partial charge in [-0.15, -0.1) is 0 Å². The summed E-state index contributed by atoms with van der Waals surface area (Å²) in [5, 5.41) is 24.9. The van der Waals surface area contributed by atoms with Crippen molar-refractivity contribution in [3.8, 4) is 11.5 Å². The predicted molar refractivity (Wildman–Crippen MR) is 90.6 cm³/mol. The van der Waals surface area contributed by atoms with Gasteiger partial charge >= 0.3 is 11.8 Å². The Labute approximate surface area is 146 Å². The molecule has 0 heterocycles. The van der Waals surface area contributed by atoms with E-state index in [1.807, 2.05) is 5.43 Å². The maximum absolute atomic E-state index is 11.7. The van der Waals surface area contributed by atoms with Crippen LogP contribution in [0.1, 0.15) is 5.56 Å². The van der Waals surface area contributed by atoms with Crippen LogP contribution in [0.25, 0.3) is 0 Å². The van der Waals surface area contributed by atoms with Crippen molar-refractivity contribution in [2.45, 2.75) is 0 Å². The third kappa shape index (κ3) is 4.37. The number of hydrogen-bond donors (Lipinski definition) is 4. The summed E-state index contributed by atoms with van der Waals surface area (Å²) in [6.45, 7) is 0. The molecule has 0 aliphatic heterocycles. The molecule has 0 spiro atoms. The van der Waals surface area contributed by atoms with Crippen molar-refractivity contribution in [3.63, 3.8) is 0 Å². The van der Waals surface area contributed by atoms with Crippen LogP contribution in [-0.2, 0) is 9.59 Å². The second kappa shape index (κ2) is 7.67. The fourth-order valence-corrected chi connectivity index (χ4v) is 1.98. The zero-order valence-corrected chi connectivity index (χ0v) is 13.5. The summed E-state index contributed by atoms with van der Waals surface area (Å²) in [6, 6.07) is 8.40. The van der Waals surface area contributed by atoms with Gasteiger partial charge in [-0.3, -0.25) is 9.59 Å². The largest absolute Gasteiger partial charge is 0.508 e. The number of benzene rings is 2. The molecule has 0 aromatic heterocycles. The van der Waals surface area contributed by atoms with Crippen LogP contribution < -0.4 is 10.7 Å². The van der Waals surface area contributed by atoms with Crippen LogP contribution in [0.2, 0.25) is 10.0 Å². The molecule has 0 aliphatic carbocycles. The van der Waals surface area contributed by atoms with Crippen molar-refractivity contribution in [3.05, 3.63) is 52.0 Å². The molecular weight excluding hydrogens is 357 g/mol. The molecule has 7 nitrogen and oxygen atoms in total. The number of phenolic OH excluding ortho intramolecular Hbond substituents is 2. The van der Waals surface area contributed by atoms with Gasteiger partial charge < -0.3 is 15.5 Å².